The number of piperidine rings is 1. The van der Waals surface area contributed by atoms with Crippen LogP contribution in [-0.2, 0) is 9.53 Å². The van der Waals surface area contributed by atoms with E-state index < -0.39 is 36.4 Å². The van der Waals surface area contributed by atoms with Gasteiger partial charge in [-0.15, -0.1) is 0 Å². The Bertz CT molecular complexity index is 444. The third kappa shape index (κ3) is 2.94. The van der Waals surface area contributed by atoms with Crippen LogP contribution in [0.1, 0.15) is 12.8 Å². The fourth-order valence-electron chi connectivity index (χ4n) is 2.19. The molecule has 2 fully saturated rings. The quantitative estimate of drug-likeness (QED) is 0.684. The molecule has 20 heavy (non-hydrogen) atoms. The summed E-state index contributed by atoms with van der Waals surface area (Å²) in [6.07, 6.45) is -5.40. The molecule has 2 rings (SSSR count). The molecule has 2 heterocycles. The van der Waals surface area contributed by atoms with Crippen molar-refractivity contribution in [2.24, 2.45) is 0 Å². The van der Waals surface area contributed by atoms with Crippen molar-refractivity contribution in [2.75, 3.05) is 19.7 Å². The average Bonchev–Trinajstić information content (AvgIpc) is 2.61. The molecule has 112 valence electrons. The van der Waals surface area contributed by atoms with Crippen LogP contribution in [0, 0.1) is 0 Å². The van der Waals surface area contributed by atoms with Gasteiger partial charge in [-0.2, -0.15) is 13.2 Å². The van der Waals surface area contributed by atoms with Crippen molar-refractivity contribution in [2.45, 2.75) is 24.6 Å². The second kappa shape index (κ2) is 4.84. The van der Waals surface area contributed by atoms with E-state index in [2.05, 4.69) is 15.4 Å². The molecular formula is C10H12F3N3O4. The Hall–Kier alpha value is -2.00. The third-order valence-electron chi connectivity index (χ3n) is 3.25. The fraction of sp³-hybridized carbons (Fsp3) is 0.700. The number of ether oxygens (including phenoxy) is 1. The summed E-state index contributed by atoms with van der Waals surface area (Å²) < 4.78 is 39.9. The van der Waals surface area contributed by atoms with Crippen LogP contribution < -0.4 is 10.6 Å². The Morgan fingerprint density at radius 2 is 1.90 bits per heavy atom. The van der Waals surface area contributed by atoms with Crippen molar-refractivity contribution in [3.63, 3.8) is 0 Å². The summed E-state index contributed by atoms with van der Waals surface area (Å²) in [6, 6.07) is -0.608. The second-order valence-corrected chi connectivity index (χ2v) is 4.65. The van der Waals surface area contributed by atoms with Crippen molar-refractivity contribution in [3.05, 3.63) is 0 Å². The van der Waals surface area contributed by atoms with Gasteiger partial charge in [0.1, 0.15) is 5.54 Å². The Morgan fingerprint density at radius 3 is 2.35 bits per heavy atom. The second-order valence-electron chi connectivity index (χ2n) is 4.65. The molecule has 0 aliphatic carbocycles. The van der Waals surface area contributed by atoms with E-state index in [1.165, 1.54) is 0 Å². The lowest BCUT2D eigenvalue weighted by Gasteiger charge is -2.36. The molecule has 0 aromatic heterocycles. The highest BCUT2D eigenvalue weighted by Gasteiger charge is 2.48. The number of hydrogen-bond donors (Lipinski definition) is 2. The zero-order chi connectivity index (χ0) is 15.0. The standard InChI is InChI=1S/C10H12F3N3O4/c11-10(12,13)5-20-8(19)16-3-1-9(2-4-16)6(17)14-7(18)15-9/h1-5H2,(H2,14,15,17,18). The van der Waals surface area contributed by atoms with Gasteiger partial charge in [-0.05, 0) is 12.8 Å². The van der Waals surface area contributed by atoms with Crippen molar-refractivity contribution >= 4 is 18.0 Å². The molecule has 0 saturated carbocycles. The number of rotatable bonds is 1. The summed E-state index contributed by atoms with van der Waals surface area (Å²) >= 11 is 0. The monoisotopic (exact) mass is 295 g/mol. The summed E-state index contributed by atoms with van der Waals surface area (Å²) in [5, 5.41) is 4.57. The van der Waals surface area contributed by atoms with Gasteiger partial charge in [0.2, 0.25) is 0 Å². The van der Waals surface area contributed by atoms with Crippen molar-refractivity contribution in [1.29, 1.82) is 0 Å². The number of urea groups is 1. The first-order valence-electron chi connectivity index (χ1n) is 5.84. The average molecular weight is 295 g/mol. The lowest BCUT2D eigenvalue weighted by Crippen LogP contribution is -2.55. The zero-order valence-electron chi connectivity index (χ0n) is 10.2. The van der Waals surface area contributed by atoms with Gasteiger partial charge < -0.3 is 15.0 Å². The molecule has 0 radical (unpaired) electrons. The molecule has 0 bridgehead atoms. The van der Waals surface area contributed by atoms with Crippen LogP contribution in [0.4, 0.5) is 22.8 Å². The summed E-state index contributed by atoms with van der Waals surface area (Å²) in [5.74, 6) is -0.481. The molecule has 2 N–H and O–H groups in total. The third-order valence-corrected chi connectivity index (χ3v) is 3.25. The number of hydrogen-bond acceptors (Lipinski definition) is 4. The van der Waals surface area contributed by atoms with Gasteiger partial charge in [-0.1, -0.05) is 0 Å². The number of imide groups is 1. The zero-order valence-corrected chi connectivity index (χ0v) is 10.2. The van der Waals surface area contributed by atoms with E-state index in [1.807, 2.05) is 0 Å². The largest absolute Gasteiger partial charge is 0.440 e. The molecule has 2 saturated heterocycles. The van der Waals surface area contributed by atoms with Crippen molar-refractivity contribution in [1.82, 2.24) is 15.5 Å². The molecule has 4 amide bonds. The van der Waals surface area contributed by atoms with E-state index >= 15 is 0 Å². The van der Waals surface area contributed by atoms with E-state index in [1.54, 1.807) is 0 Å². The summed E-state index contributed by atoms with van der Waals surface area (Å²) in [7, 11) is 0. The molecule has 0 atom stereocenters. The fourth-order valence-corrected chi connectivity index (χ4v) is 2.19. The van der Waals surface area contributed by atoms with Crippen molar-refractivity contribution < 1.29 is 32.3 Å². The van der Waals surface area contributed by atoms with Gasteiger partial charge in [0.05, 0.1) is 0 Å². The molecule has 2 aliphatic heterocycles. The van der Waals surface area contributed by atoms with Gasteiger partial charge in [0.15, 0.2) is 6.61 Å². The minimum atomic E-state index is -4.58. The maximum atomic E-state index is 11.9. The molecule has 0 aromatic rings. The van der Waals surface area contributed by atoms with Gasteiger partial charge in [0, 0.05) is 13.1 Å². The molecule has 2 aliphatic rings. The maximum absolute atomic E-state index is 11.9. The highest BCUT2D eigenvalue weighted by molar-refractivity contribution is 6.07. The molecule has 0 unspecified atom stereocenters. The van der Waals surface area contributed by atoms with Crippen LogP contribution in [0.15, 0.2) is 0 Å². The first kappa shape index (κ1) is 14.4. The first-order chi connectivity index (χ1) is 9.22. The van der Waals surface area contributed by atoms with Gasteiger partial charge >= 0.3 is 18.3 Å². The van der Waals surface area contributed by atoms with E-state index in [-0.39, 0.29) is 25.9 Å². The first-order valence-corrected chi connectivity index (χ1v) is 5.84. The summed E-state index contributed by atoms with van der Waals surface area (Å²) in [5.41, 5.74) is -1.07. The number of nitrogens with one attached hydrogen (secondary N) is 2. The molecule has 1 spiro atoms. The van der Waals surface area contributed by atoms with E-state index in [0.29, 0.717) is 0 Å². The normalized spacial score (nSPS) is 21.6. The maximum Gasteiger partial charge on any atom is 0.422 e. The number of alkyl halides is 3. The van der Waals surface area contributed by atoms with E-state index in [0.717, 1.165) is 4.90 Å². The number of carbonyl (C=O) groups is 3. The number of carbonyl (C=O) groups excluding carboxylic acids is 3. The highest BCUT2D eigenvalue weighted by Crippen LogP contribution is 2.26. The molecular weight excluding hydrogens is 283 g/mol. The van der Waals surface area contributed by atoms with E-state index in [9.17, 15) is 27.6 Å². The smallest absolute Gasteiger partial charge is 0.422 e. The van der Waals surface area contributed by atoms with Gasteiger partial charge in [-0.25, -0.2) is 9.59 Å². The number of amides is 4. The van der Waals surface area contributed by atoms with E-state index in [4.69, 9.17) is 0 Å². The SMILES string of the molecule is O=C1NC(=O)C2(CCN(C(=O)OCC(F)(F)F)CC2)N1. The highest BCUT2D eigenvalue weighted by atomic mass is 19.4. The van der Waals surface area contributed by atoms with Crippen molar-refractivity contribution in [3.8, 4) is 0 Å². The predicted octanol–water partition coefficient (Wildman–Crippen LogP) is 0.359. The predicted molar refractivity (Wildman–Crippen MR) is 57.6 cm³/mol. The summed E-state index contributed by atoms with van der Waals surface area (Å²) in [4.78, 5) is 35.2. The lowest BCUT2D eigenvalue weighted by atomic mass is 9.88. The minimum absolute atomic E-state index is 0.0321. The Balaban J connectivity index is 1.87. The molecule has 7 nitrogen and oxygen atoms in total. The minimum Gasteiger partial charge on any atom is -0.440 e. The van der Waals surface area contributed by atoms with Crippen LogP contribution in [0.5, 0.6) is 0 Å². The van der Waals surface area contributed by atoms with Crippen LogP contribution >= 0.6 is 0 Å². The van der Waals surface area contributed by atoms with Crippen LogP contribution in [0.2, 0.25) is 0 Å². The molecule has 0 aromatic carbocycles. The Morgan fingerprint density at radius 1 is 1.30 bits per heavy atom. The Labute approximate surface area is 111 Å². The lowest BCUT2D eigenvalue weighted by molar-refractivity contribution is -0.162. The molecule has 10 heteroatoms. The topological polar surface area (TPSA) is 87.7 Å². The Kier molecular flexibility index (Phi) is 3.48. The van der Waals surface area contributed by atoms with Gasteiger partial charge in [-0.3, -0.25) is 10.1 Å². The number of halogens is 3. The van der Waals surface area contributed by atoms with Gasteiger partial charge in [0.25, 0.3) is 5.91 Å². The van der Waals surface area contributed by atoms with Crippen LogP contribution in [0.25, 0.3) is 0 Å². The van der Waals surface area contributed by atoms with Crippen LogP contribution in [0.3, 0.4) is 0 Å². The van der Waals surface area contributed by atoms with Crippen LogP contribution in [-0.4, -0.2) is 54.3 Å². The number of likely N-dealkylation sites (tertiary alicyclic amines) is 1. The summed E-state index contributed by atoms with van der Waals surface area (Å²) in [6.45, 7) is -1.58. The number of nitrogens with zero attached hydrogens (tertiary/aromatic N) is 1.